The molecule has 4 N–H and O–H groups in total. The van der Waals surface area contributed by atoms with Crippen molar-refractivity contribution in [3.05, 3.63) is 10.4 Å². The number of hydrogen-bond acceptors (Lipinski definition) is 6. The predicted molar refractivity (Wildman–Crippen MR) is 87.7 cm³/mol. The van der Waals surface area contributed by atoms with Gasteiger partial charge in [-0.15, -0.1) is 11.3 Å². The van der Waals surface area contributed by atoms with E-state index in [-0.39, 0.29) is 17.1 Å². The fourth-order valence-electron chi connectivity index (χ4n) is 1.54. The molecule has 0 atom stereocenters. The van der Waals surface area contributed by atoms with E-state index < -0.39 is 0 Å². The molecule has 0 aromatic carbocycles. The number of hydrogen-bond donors (Lipinski definition) is 3. The predicted octanol–water partition coefficient (Wildman–Crippen LogP) is 1.70. The van der Waals surface area contributed by atoms with Crippen LogP contribution in [-0.2, 0) is 0 Å². The average molecular weight is 309 g/mol. The third-order valence-corrected chi connectivity index (χ3v) is 4.65. The number of carbonyl (C=O) groups excluding carboxylic acids is 1. The summed E-state index contributed by atoms with van der Waals surface area (Å²) < 4.78 is 0. The molecule has 7 heteroatoms. The third kappa shape index (κ3) is 3.86. The van der Waals surface area contributed by atoms with E-state index in [1.165, 1.54) is 11.3 Å². The molecule has 1 aromatic rings. The van der Waals surface area contributed by atoms with Crippen LogP contribution in [0.2, 0.25) is 0 Å². The Balaban J connectivity index is 3.01. The van der Waals surface area contributed by atoms with E-state index in [0.29, 0.717) is 28.5 Å². The highest BCUT2D eigenvalue weighted by atomic mass is 32.1. The highest BCUT2D eigenvalue weighted by Crippen LogP contribution is 2.35. The van der Waals surface area contributed by atoms with Gasteiger partial charge in [-0.2, -0.15) is 5.26 Å². The van der Waals surface area contributed by atoms with Crippen LogP contribution >= 0.6 is 11.3 Å². The zero-order chi connectivity index (χ0) is 16.2. The van der Waals surface area contributed by atoms with Gasteiger partial charge in [-0.3, -0.25) is 4.79 Å². The Labute approximate surface area is 129 Å². The van der Waals surface area contributed by atoms with Crippen LogP contribution in [0.3, 0.4) is 0 Å². The summed E-state index contributed by atoms with van der Waals surface area (Å²) in [7, 11) is 3.99. The van der Waals surface area contributed by atoms with Crippen molar-refractivity contribution in [3.63, 3.8) is 0 Å². The van der Waals surface area contributed by atoms with Gasteiger partial charge < -0.3 is 21.3 Å². The molecule has 6 nitrogen and oxygen atoms in total. The minimum absolute atomic E-state index is 0.0860. The minimum atomic E-state index is -0.239. The Morgan fingerprint density at radius 3 is 2.57 bits per heavy atom. The van der Waals surface area contributed by atoms with Crippen LogP contribution < -0.4 is 16.4 Å². The van der Waals surface area contributed by atoms with Crippen molar-refractivity contribution in [1.82, 2.24) is 10.2 Å². The number of rotatable bonds is 6. The molecule has 1 rings (SSSR count). The topological polar surface area (TPSA) is 94.2 Å². The molecule has 1 aromatic heterocycles. The number of nitrogen functional groups attached to an aromatic ring is 1. The number of nitriles is 1. The van der Waals surface area contributed by atoms with Crippen molar-refractivity contribution in [1.29, 1.82) is 5.26 Å². The molecule has 116 valence electrons. The Hall–Kier alpha value is -1.78. The van der Waals surface area contributed by atoms with Crippen LogP contribution in [0.15, 0.2) is 0 Å². The van der Waals surface area contributed by atoms with Gasteiger partial charge in [-0.25, -0.2) is 0 Å². The smallest absolute Gasteiger partial charge is 0.263 e. The molecule has 0 aliphatic heterocycles. The van der Waals surface area contributed by atoms with Crippen molar-refractivity contribution in [2.75, 3.05) is 38.2 Å². The molecular weight excluding hydrogens is 286 g/mol. The molecule has 0 fully saturated rings. The minimum Gasteiger partial charge on any atom is -0.396 e. The van der Waals surface area contributed by atoms with Gasteiger partial charge in [0.25, 0.3) is 5.91 Å². The molecule has 0 spiro atoms. The second kappa shape index (κ2) is 6.78. The standard InChI is InChI=1S/C14H23N5OS/c1-6-17-12(20)11-10(16)9(7-15)13(21-11)18-8-14(2,3)19(4)5/h18H,6,8,16H2,1-5H3,(H,17,20). The van der Waals surface area contributed by atoms with Crippen molar-refractivity contribution in [2.45, 2.75) is 26.3 Å². The van der Waals surface area contributed by atoms with E-state index in [2.05, 4.69) is 35.5 Å². The van der Waals surface area contributed by atoms with Gasteiger partial charge in [0.2, 0.25) is 0 Å². The van der Waals surface area contributed by atoms with Crippen molar-refractivity contribution in [3.8, 4) is 6.07 Å². The van der Waals surface area contributed by atoms with Gasteiger partial charge in [0, 0.05) is 18.6 Å². The van der Waals surface area contributed by atoms with Crippen LogP contribution in [0.25, 0.3) is 0 Å². The molecule has 0 radical (unpaired) electrons. The Morgan fingerprint density at radius 1 is 1.48 bits per heavy atom. The molecule has 0 saturated carbocycles. The first-order chi connectivity index (χ1) is 9.74. The average Bonchev–Trinajstić information content (AvgIpc) is 2.73. The summed E-state index contributed by atoms with van der Waals surface area (Å²) in [5.74, 6) is -0.239. The number of likely N-dealkylation sites (N-methyl/N-ethyl adjacent to an activating group) is 1. The van der Waals surface area contributed by atoms with E-state index in [0.717, 1.165) is 0 Å². The SMILES string of the molecule is CCNC(=O)c1sc(NCC(C)(C)N(C)C)c(C#N)c1N. The van der Waals surface area contributed by atoms with Crippen LogP contribution in [0, 0.1) is 11.3 Å². The van der Waals surface area contributed by atoms with Gasteiger partial charge in [-0.05, 0) is 34.9 Å². The summed E-state index contributed by atoms with van der Waals surface area (Å²) in [5.41, 5.74) is 6.43. The largest absolute Gasteiger partial charge is 0.396 e. The summed E-state index contributed by atoms with van der Waals surface area (Å²) in [6.07, 6.45) is 0. The lowest BCUT2D eigenvalue weighted by Gasteiger charge is -2.32. The van der Waals surface area contributed by atoms with Crippen LogP contribution in [0.5, 0.6) is 0 Å². The van der Waals surface area contributed by atoms with Crippen LogP contribution in [-0.4, -0.2) is 43.5 Å². The lowest BCUT2D eigenvalue weighted by molar-refractivity contribution is 0.0960. The lowest BCUT2D eigenvalue weighted by Crippen LogP contribution is -2.44. The Morgan fingerprint density at radius 2 is 2.10 bits per heavy atom. The number of nitrogens with zero attached hydrogens (tertiary/aromatic N) is 2. The highest BCUT2D eigenvalue weighted by molar-refractivity contribution is 7.18. The van der Waals surface area contributed by atoms with Crippen molar-refractivity contribution < 1.29 is 4.79 Å². The number of amides is 1. The fourth-order valence-corrected chi connectivity index (χ4v) is 2.53. The van der Waals surface area contributed by atoms with Gasteiger partial charge in [0.05, 0.1) is 5.69 Å². The monoisotopic (exact) mass is 309 g/mol. The summed E-state index contributed by atoms with van der Waals surface area (Å²) in [5, 5.41) is 15.8. The van der Waals surface area contributed by atoms with E-state index in [4.69, 9.17) is 5.73 Å². The van der Waals surface area contributed by atoms with Crippen molar-refractivity contribution >= 4 is 27.9 Å². The first kappa shape index (κ1) is 17.3. The number of anilines is 2. The Kier molecular flexibility index (Phi) is 5.58. The maximum absolute atomic E-state index is 11.9. The molecule has 0 aliphatic rings. The molecule has 1 heterocycles. The summed E-state index contributed by atoms with van der Waals surface area (Å²) in [6, 6.07) is 2.08. The molecule has 21 heavy (non-hydrogen) atoms. The quantitative estimate of drug-likeness (QED) is 0.743. The van der Waals surface area contributed by atoms with E-state index in [1.54, 1.807) is 0 Å². The van der Waals surface area contributed by atoms with E-state index in [1.807, 2.05) is 21.0 Å². The van der Waals surface area contributed by atoms with Gasteiger partial charge in [-0.1, -0.05) is 0 Å². The first-order valence-corrected chi connectivity index (χ1v) is 7.58. The summed E-state index contributed by atoms with van der Waals surface area (Å²) >= 11 is 1.22. The van der Waals surface area contributed by atoms with Gasteiger partial charge in [0.15, 0.2) is 0 Å². The van der Waals surface area contributed by atoms with Crippen molar-refractivity contribution in [2.24, 2.45) is 0 Å². The highest BCUT2D eigenvalue weighted by Gasteiger charge is 2.24. The summed E-state index contributed by atoms with van der Waals surface area (Å²) in [4.78, 5) is 14.4. The Bertz CT molecular complexity index is 556. The van der Waals surface area contributed by atoms with E-state index >= 15 is 0 Å². The fraction of sp³-hybridized carbons (Fsp3) is 0.571. The molecule has 0 bridgehead atoms. The number of nitrogens with one attached hydrogen (secondary N) is 2. The third-order valence-electron chi connectivity index (χ3n) is 3.49. The molecule has 0 unspecified atom stereocenters. The second-order valence-corrected chi connectivity index (χ2v) is 6.60. The number of nitrogens with two attached hydrogens (primary N) is 1. The van der Waals surface area contributed by atoms with Gasteiger partial charge in [0.1, 0.15) is 21.5 Å². The molecule has 0 aliphatic carbocycles. The zero-order valence-corrected chi connectivity index (χ0v) is 14.0. The maximum atomic E-state index is 11.9. The normalized spacial score (nSPS) is 11.3. The molecule has 1 amide bonds. The maximum Gasteiger partial charge on any atom is 0.263 e. The number of carbonyl (C=O) groups is 1. The lowest BCUT2D eigenvalue weighted by atomic mass is 10.0. The zero-order valence-electron chi connectivity index (χ0n) is 13.2. The van der Waals surface area contributed by atoms with Gasteiger partial charge >= 0.3 is 0 Å². The molecule has 0 saturated heterocycles. The van der Waals surface area contributed by atoms with E-state index in [9.17, 15) is 10.1 Å². The summed E-state index contributed by atoms with van der Waals surface area (Å²) in [6.45, 7) is 7.19. The first-order valence-electron chi connectivity index (χ1n) is 6.76. The molecular formula is C14H23N5OS. The second-order valence-electron chi connectivity index (χ2n) is 5.58. The van der Waals surface area contributed by atoms with Crippen LogP contribution in [0.4, 0.5) is 10.7 Å². The number of thiophene rings is 1. The van der Waals surface area contributed by atoms with Crippen LogP contribution in [0.1, 0.15) is 36.0 Å².